The molecule has 0 aliphatic carbocycles. The van der Waals surface area contributed by atoms with Gasteiger partial charge in [-0.15, -0.1) is 0 Å². The summed E-state index contributed by atoms with van der Waals surface area (Å²) in [6.45, 7) is 6.14. The van der Waals surface area contributed by atoms with E-state index in [1.165, 1.54) is 5.56 Å². The van der Waals surface area contributed by atoms with Crippen LogP contribution in [0.5, 0.6) is 0 Å². The maximum Gasteiger partial charge on any atom is 0.254 e. The van der Waals surface area contributed by atoms with Crippen LogP contribution in [0.25, 0.3) is 11.6 Å². The second kappa shape index (κ2) is 9.09. The van der Waals surface area contributed by atoms with Crippen molar-refractivity contribution in [2.24, 2.45) is 7.05 Å². The minimum atomic E-state index is 0.0993. The second-order valence-electron chi connectivity index (χ2n) is 7.82. The van der Waals surface area contributed by atoms with Crippen LogP contribution >= 0.6 is 0 Å². The van der Waals surface area contributed by atoms with Crippen molar-refractivity contribution in [3.8, 4) is 0 Å². The molecule has 0 unspecified atom stereocenters. The second-order valence-corrected chi connectivity index (χ2v) is 7.82. The molecule has 154 valence electrons. The fraction of sp³-hybridized carbons (Fsp3) is 0.280. The molecule has 5 nitrogen and oxygen atoms in total. The van der Waals surface area contributed by atoms with Crippen LogP contribution in [-0.2, 0) is 18.4 Å². The maximum absolute atomic E-state index is 13.5. The monoisotopic (exact) mass is 400 g/mol. The Bertz CT molecular complexity index is 1020. The lowest BCUT2D eigenvalue weighted by Gasteiger charge is -2.35. The highest BCUT2D eigenvalue weighted by Crippen LogP contribution is 2.22. The topological polar surface area (TPSA) is 41.4 Å². The van der Waals surface area contributed by atoms with Gasteiger partial charge in [0, 0.05) is 57.1 Å². The summed E-state index contributed by atoms with van der Waals surface area (Å²) in [7, 11) is 1.96. The number of aromatic nitrogens is 2. The van der Waals surface area contributed by atoms with Crippen molar-refractivity contribution in [1.82, 2.24) is 19.6 Å². The van der Waals surface area contributed by atoms with Crippen molar-refractivity contribution in [1.29, 1.82) is 0 Å². The van der Waals surface area contributed by atoms with Crippen LogP contribution in [0, 0.1) is 6.92 Å². The summed E-state index contributed by atoms with van der Waals surface area (Å²) in [4.78, 5) is 17.8. The van der Waals surface area contributed by atoms with Crippen molar-refractivity contribution < 1.29 is 4.79 Å². The fourth-order valence-corrected chi connectivity index (χ4v) is 3.93. The van der Waals surface area contributed by atoms with Gasteiger partial charge in [0.2, 0.25) is 0 Å². The summed E-state index contributed by atoms with van der Waals surface area (Å²) in [6, 6.07) is 20.0. The molecule has 4 rings (SSSR count). The van der Waals surface area contributed by atoms with Crippen molar-refractivity contribution in [2.75, 3.05) is 26.2 Å². The van der Waals surface area contributed by atoms with Gasteiger partial charge in [0.1, 0.15) is 0 Å². The number of carbonyl (C=O) groups excluding carboxylic acids is 1. The zero-order valence-electron chi connectivity index (χ0n) is 17.7. The molecule has 30 heavy (non-hydrogen) atoms. The van der Waals surface area contributed by atoms with Gasteiger partial charge in [-0.3, -0.25) is 14.4 Å². The SMILES string of the molecule is Cc1nn(C)cc1CN1CCN(C(=O)/C(=C\c2ccccc2)c2ccccc2)CC1. The molecule has 1 amide bonds. The van der Waals surface area contributed by atoms with E-state index in [0.717, 1.165) is 55.1 Å². The van der Waals surface area contributed by atoms with E-state index in [1.54, 1.807) is 0 Å². The molecule has 0 radical (unpaired) electrons. The lowest BCUT2D eigenvalue weighted by atomic mass is 10.0. The number of benzene rings is 2. The number of aryl methyl sites for hydroxylation is 2. The molecule has 0 atom stereocenters. The van der Waals surface area contributed by atoms with Gasteiger partial charge < -0.3 is 4.90 Å². The molecule has 1 aromatic heterocycles. The van der Waals surface area contributed by atoms with Gasteiger partial charge >= 0.3 is 0 Å². The molecule has 1 aliphatic rings. The van der Waals surface area contributed by atoms with Crippen LogP contribution in [0.2, 0.25) is 0 Å². The average Bonchev–Trinajstić information content (AvgIpc) is 3.10. The first-order valence-corrected chi connectivity index (χ1v) is 10.4. The standard InChI is InChI=1S/C25H28N4O/c1-20-23(18-27(2)26-20)19-28-13-15-29(16-14-28)25(30)24(22-11-7-4-8-12-22)17-21-9-5-3-6-10-21/h3-12,17-18H,13-16,19H2,1-2H3/b24-17-. The predicted octanol–water partition coefficient (Wildman–Crippen LogP) is 3.61. The lowest BCUT2D eigenvalue weighted by Crippen LogP contribution is -2.48. The molecule has 0 saturated carbocycles. The molecule has 2 aromatic carbocycles. The Morgan fingerprint density at radius 3 is 2.20 bits per heavy atom. The molecule has 0 bridgehead atoms. The highest BCUT2D eigenvalue weighted by Gasteiger charge is 2.25. The van der Waals surface area contributed by atoms with Gasteiger partial charge in [0.15, 0.2) is 0 Å². The summed E-state index contributed by atoms with van der Waals surface area (Å²) in [5.41, 5.74) is 5.08. The first-order valence-electron chi connectivity index (χ1n) is 10.4. The highest BCUT2D eigenvalue weighted by atomic mass is 16.2. The Morgan fingerprint density at radius 1 is 0.967 bits per heavy atom. The molecule has 0 spiro atoms. The third-order valence-corrected chi connectivity index (χ3v) is 5.59. The number of amides is 1. The number of rotatable bonds is 5. The van der Waals surface area contributed by atoms with Crippen LogP contribution in [0.4, 0.5) is 0 Å². The quantitative estimate of drug-likeness (QED) is 0.485. The largest absolute Gasteiger partial charge is 0.336 e. The number of piperazine rings is 1. The summed E-state index contributed by atoms with van der Waals surface area (Å²) >= 11 is 0. The molecular formula is C25H28N4O. The summed E-state index contributed by atoms with van der Waals surface area (Å²) < 4.78 is 1.87. The van der Waals surface area contributed by atoms with E-state index >= 15 is 0 Å². The Balaban J connectivity index is 1.48. The first kappa shape index (κ1) is 20.1. The normalized spacial score (nSPS) is 15.4. The maximum atomic E-state index is 13.5. The molecule has 2 heterocycles. The number of hydrogen-bond donors (Lipinski definition) is 0. The lowest BCUT2D eigenvalue weighted by molar-refractivity contribution is -0.126. The van der Waals surface area contributed by atoms with Gasteiger partial charge in [-0.05, 0) is 24.1 Å². The van der Waals surface area contributed by atoms with E-state index in [0.29, 0.717) is 0 Å². The van der Waals surface area contributed by atoms with Crippen LogP contribution in [0.3, 0.4) is 0 Å². The Kier molecular flexibility index (Phi) is 6.10. The molecule has 5 heteroatoms. The third kappa shape index (κ3) is 4.69. The zero-order chi connectivity index (χ0) is 20.9. The summed E-state index contributed by atoms with van der Waals surface area (Å²) in [5.74, 6) is 0.0993. The Hall–Kier alpha value is -3.18. The van der Waals surface area contributed by atoms with Crippen molar-refractivity contribution in [3.05, 3.63) is 89.2 Å². The average molecular weight is 401 g/mol. The zero-order valence-corrected chi connectivity index (χ0v) is 17.7. The highest BCUT2D eigenvalue weighted by molar-refractivity contribution is 6.24. The van der Waals surface area contributed by atoms with Crippen molar-refractivity contribution >= 4 is 17.6 Å². The van der Waals surface area contributed by atoms with E-state index in [2.05, 4.69) is 23.1 Å². The molecule has 1 fully saturated rings. The predicted molar refractivity (Wildman–Crippen MR) is 121 cm³/mol. The van der Waals surface area contributed by atoms with Crippen LogP contribution in [-0.4, -0.2) is 51.7 Å². The smallest absolute Gasteiger partial charge is 0.254 e. The first-order chi connectivity index (χ1) is 14.6. The number of hydrogen-bond acceptors (Lipinski definition) is 3. The molecule has 1 aliphatic heterocycles. The van der Waals surface area contributed by atoms with Gasteiger partial charge in [-0.1, -0.05) is 60.7 Å². The fourth-order valence-electron chi connectivity index (χ4n) is 3.93. The van der Waals surface area contributed by atoms with E-state index in [1.807, 2.05) is 83.4 Å². The van der Waals surface area contributed by atoms with Crippen molar-refractivity contribution in [3.63, 3.8) is 0 Å². The summed E-state index contributed by atoms with van der Waals surface area (Å²) in [6.07, 6.45) is 4.09. The Labute approximate surface area is 178 Å². The molecular weight excluding hydrogens is 372 g/mol. The number of carbonyl (C=O) groups is 1. The van der Waals surface area contributed by atoms with Gasteiger partial charge in [-0.25, -0.2) is 0 Å². The number of nitrogens with zero attached hydrogens (tertiary/aromatic N) is 4. The van der Waals surface area contributed by atoms with Gasteiger partial charge in [0.05, 0.1) is 5.69 Å². The van der Waals surface area contributed by atoms with Gasteiger partial charge in [0.25, 0.3) is 5.91 Å². The molecule has 3 aromatic rings. The Morgan fingerprint density at radius 2 is 1.60 bits per heavy atom. The van der Waals surface area contributed by atoms with E-state index in [4.69, 9.17) is 0 Å². The minimum absolute atomic E-state index is 0.0993. The van der Waals surface area contributed by atoms with Crippen molar-refractivity contribution in [2.45, 2.75) is 13.5 Å². The summed E-state index contributed by atoms with van der Waals surface area (Å²) in [5, 5.41) is 4.43. The van der Waals surface area contributed by atoms with E-state index < -0.39 is 0 Å². The van der Waals surface area contributed by atoms with Crippen LogP contribution < -0.4 is 0 Å². The van der Waals surface area contributed by atoms with Crippen LogP contribution in [0.1, 0.15) is 22.4 Å². The van der Waals surface area contributed by atoms with Crippen LogP contribution in [0.15, 0.2) is 66.9 Å². The third-order valence-electron chi connectivity index (χ3n) is 5.59. The van der Waals surface area contributed by atoms with Gasteiger partial charge in [-0.2, -0.15) is 5.10 Å². The molecule has 0 N–H and O–H groups in total. The van der Waals surface area contributed by atoms with E-state index in [-0.39, 0.29) is 5.91 Å². The molecule has 1 saturated heterocycles. The minimum Gasteiger partial charge on any atom is -0.336 e. The van der Waals surface area contributed by atoms with E-state index in [9.17, 15) is 4.79 Å².